The first kappa shape index (κ1) is 55.1. The maximum atomic E-state index is 13.8. The van der Waals surface area contributed by atoms with Crippen LogP contribution in [0.2, 0.25) is 0 Å². The number of rotatable bonds is 10. The number of hydrogen-bond donors (Lipinski definition) is 6. The minimum Gasteiger partial charge on any atom is -0.409 e. The average Bonchev–Trinajstić information content (AvgIpc) is 3.24. The number of nitrogens with zero attached hydrogens (tertiary/aromatic N) is 1. The van der Waals surface area contributed by atoms with Crippen molar-refractivity contribution in [2.24, 2.45) is 15.4 Å². The largest absolute Gasteiger partial charge is 0.540 e. The number of fused-ring (bicyclic) bond motifs is 1. The van der Waals surface area contributed by atoms with Crippen molar-refractivity contribution in [3.05, 3.63) is 150 Å². The van der Waals surface area contributed by atoms with E-state index in [1.54, 1.807) is 12.1 Å². The van der Waals surface area contributed by atoms with Gasteiger partial charge in [-0.3, -0.25) is 14.2 Å². The quantitative estimate of drug-likeness (QED) is 0.0712. The normalized spacial score (nSPS) is 14.6. The Morgan fingerprint density at radius 1 is 0.549 bits per heavy atom. The van der Waals surface area contributed by atoms with E-state index >= 15 is 0 Å². The first-order valence-electron chi connectivity index (χ1n) is 18.8. The lowest BCUT2D eigenvalue weighted by molar-refractivity contribution is -0.461. The third kappa shape index (κ3) is 16.1. The number of ether oxygens (including phenoxy) is 2. The van der Waals surface area contributed by atoms with E-state index in [0.29, 0.717) is 27.8 Å². The first-order valence-corrected chi connectivity index (χ1v) is 24.6. The molecule has 0 bridgehead atoms. The second kappa shape index (κ2) is 20.9. The molecule has 16 nitrogen and oxygen atoms in total. The van der Waals surface area contributed by atoms with Gasteiger partial charge in [0.15, 0.2) is 10.8 Å². The molecule has 0 fully saturated rings. The van der Waals surface area contributed by atoms with Crippen LogP contribution in [0.15, 0.2) is 138 Å². The Labute approximate surface area is 399 Å². The second-order valence-electron chi connectivity index (χ2n) is 14.2. The van der Waals surface area contributed by atoms with Gasteiger partial charge in [-0.2, -0.15) is 65.6 Å². The number of nitrogens with two attached hydrogens (primary N) is 3. The van der Waals surface area contributed by atoms with E-state index in [2.05, 4.69) is 14.2 Å². The van der Waals surface area contributed by atoms with Crippen LogP contribution in [0.5, 0.6) is 5.75 Å². The van der Waals surface area contributed by atoms with Gasteiger partial charge in [0.1, 0.15) is 5.75 Å². The Balaban J connectivity index is 0.000000198. The molecule has 0 saturated heterocycles. The van der Waals surface area contributed by atoms with Crippen LogP contribution in [-0.2, 0) is 58.4 Å². The van der Waals surface area contributed by atoms with E-state index in [4.69, 9.17) is 20.7 Å². The molecule has 1 unspecified atom stereocenters. The molecule has 7 rings (SSSR count). The molecule has 9 N–H and O–H groups in total. The van der Waals surface area contributed by atoms with Crippen molar-refractivity contribution in [3.8, 4) is 45.2 Å². The molecule has 0 aromatic heterocycles. The molecule has 71 heavy (non-hydrogen) atoms. The van der Waals surface area contributed by atoms with E-state index in [1.165, 1.54) is 84.9 Å². The summed E-state index contributed by atoms with van der Waals surface area (Å²) in [5.41, 5.74) is -3.14. The topological polar surface area (TPSA) is 276 Å². The minimum atomic E-state index is -4.80. The number of nitriles is 1. The van der Waals surface area contributed by atoms with Crippen LogP contribution in [0.4, 0.5) is 61.0 Å². The molecular weight excluding hydrogens is 1050 g/mol. The molecule has 0 aliphatic carbocycles. The third-order valence-corrected chi connectivity index (χ3v) is 11.6. The maximum absolute atomic E-state index is 13.8. The molecule has 1 aliphatic rings. The van der Waals surface area contributed by atoms with Gasteiger partial charge in [-0.15, -0.1) is 8.78 Å². The van der Waals surface area contributed by atoms with Crippen LogP contribution in [0, 0.1) is 11.3 Å². The Morgan fingerprint density at radius 2 is 0.958 bits per heavy atom. The highest BCUT2D eigenvalue weighted by Crippen LogP contribution is 2.47. The standard InChI is InChI=1S/C14H10F4N2O4S.C14H10F3N3O2S.C13H11F3N2O3S2/c15-13(16)11-7-9(3-6-12(11)23-14(17,18)24-13)8-1-4-10(5-2-8)20-25(19,21)22;15-14(16,17)11-3-1-9(2-4-11)13-6-5-12(7-10(13)8-18)20-23(19,21)22;14-13(15,16)22(19)12-7-3-10(4-8-12)9-1-5-11(6-2-9)18-23(17,20)21/h1-7,20H,(H2,19,21,22);1-7,20H,(H2,19,21,22);1-8,18H,(H2,17,20,21). The van der Waals surface area contributed by atoms with E-state index in [-0.39, 0.29) is 33.1 Å². The van der Waals surface area contributed by atoms with Crippen LogP contribution in [0.25, 0.3) is 33.4 Å². The third-order valence-electron chi connectivity index (χ3n) is 8.93. The van der Waals surface area contributed by atoms with Crippen molar-refractivity contribution in [1.29, 1.82) is 5.26 Å². The van der Waals surface area contributed by atoms with Crippen LogP contribution in [0.1, 0.15) is 16.7 Å². The van der Waals surface area contributed by atoms with Gasteiger partial charge in [0.25, 0.3) is 30.6 Å². The zero-order valence-electron chi connectivity index (χ0n) is 35.0. The van der Waals surface area contributed by atoms with Crippen LogP contribution < -0.4 is 34.3 Å². The molecule has 1 aliphatic heterocycles. The van der Waals surface area contributed by atoms with Gasteiger partial charge in [-0.25, -0.2) is 24.4 Å². The molecule has 1 atom stereocenters. The van der Waals surface area contributed by atoms with E-state index in [9.17, 15) is 73.4 Å². The van der Waals surface area contributed by atoms with Crippen molar-refractivity contribution in [2.45, 2.75) is 29.0 Å². The predicted octanol–water partition coefficient (Wildman–Crippen LogP) is 8.43. The van der Waals surface area contributed by atoms with E-state index in [1.807, 2.05) is 15.5 Å². The summed E-state index contributed by atoms with van der Waals surface area (Å²) in [5.74, 6) is -0.697. The minimum absolute atomic E-state index is 0.0831. The van der Waals surface area contributed by atoms with Gasteiger partial charge < -0.3 is 4.74 Å². The maximum Gasteiger partial charge on any atom is 0.540 e. The molecule has 1 heterocycles. The van der Waals surface area contributed by atoms with Gasteiger partial charge in [0.05, 0.1) is 28.4 Å². The summed E-state index contributed by atoms with van der Waals surface area (Å²) < 4.78 is 219. The Hall–Kier alpha value is -6.85. The van der Waals surface area contributed by atoms with Crippen molar-refractivity contribution in [1.82, 2.24) is 0 Å². The number of halogens is 10. The smallest absolute Gasteiger partial charge is 0.409 e. The molecule has 0 amide bonds. The number of anilines is 3. The van der Waals surface area contributed by atoms with Crippen LogP contribution in [0.3, 0.4) is 0 Å². The lowest BCUT2D eigenvalue weighted by Crippen LogP contribution is -2.41. The lowest BCUT2D eigenvalue weighted by atomic mass is 9.99. The molecule has 0 spiro atoms. The molecular formula is C41H31F10N7O9S4. The fourth-order valence-corrected chi connectivity index (χ4v) is 8.06. The number of benzene rings is 6. The van der Waals surface area contributed by atoms with Gasteiger partial charge in [0, 0.05) is 16.3 Å². The van der Waals surface area contributed by atoms with Gasteiger partial charge in [-0.1, -0.05) is 60.7 Å². The van der Waals surface area contributed by atoms with Crippen molar-refractivity contribution < 1.29 is 82.8 Å². The average molecular weight is 1080 g/mol. The van der Waals surface area contributed by atoms with Crippen molar-refractivity contribution in [3.63, 3.8) is 0 Å². The summed E-state index contributed by atoms with van der Waals surface area (Å²) in [7, 11) is -14.9. The summed E-state index contributed by atoms with van der Waals surface area (Å²) in [6, 6.07) is 30.2. The number of alkyl halides is 10. The fraction of sp³-hybridized carbons (Fsp3) is 0.0976. The SMILES string of the molecule is N#Cc1cc(NS(N)(=O)=O)ccc1-c1ccc(C(F)(F)F)cc1.NS(=O)(=O)Nc1ccc(-c2ccc(S(=O)C(F)(F)F)cc2)cc1.NS(=O)(=O)Nc1ccc(-c2ccc3c(c2)C(F)(F)OC(F)(F)O3)cc1. The summed E-state index contributed by atoms with van der Waals surface area (Å²) >= 11 is 0. The highest BCUT2D eigenvalue weighted by Gasteiger charge is 2.54. The summed E-state index contributed by atoms with van der Waals surface area (Å²) in [4.78, 5) is -0.339. The Kier molecular flexibility index (Phi) is 16.2. The summed E-state index contributed by atoms with van der Waals surface area (Å²) in [6.45, 7) is 0. The Bertz CT molecular complexity index is 3310. The van der Waals surface area contributed by atoms with E-state index in [0.717, 1.165) is 36.4 Å². The highest BCUT2D eigenvalue weighted by molar-refractivity contribution is 7.91. The van der Waals surface area contributed by atoms with Crippen molar-refractivity contribution in [2.75, 3.05) is 14.2 Å². The summed E-state index contributed by atoms with van der Waals surface area (Å²) in [5, 5.41) is 23.7. The molecule has 0 saturated carbocycles. The van der Waals surface area contributed by atoms with Gasteiger partial charge >= 0.3 is 24.1 Å². The van der Waals surface area contributed by atoms with Gasteiger partial charge in [0.2, 0.25) is 0 Å². The zero-order chi connectivity index (χ0) is 53.0. The highest BCUT2D eigenvalue weighted by atomic mass is 32.2. The molecule has 378 valence electrons. The lowest BCUT2D eigenvalue weighted by Gasteiger charge is -2.30. The molecule has 6 aromatic carbocycles. The predicted molar refractivity (Wildman–Crippen MR) is 239 cm³/mol. The molecule has 6 aromatic rings. The summed E-state index contributed by atoms with van der Waals surface area (Å²) in [6.07, 6.45) is -13.1. The molecule has 0 radical (unpaired) electrons. The first-order chi connectivity index (χ1) is 32.6. The van der Waals surface area contributed by atoms with Crippen molar-refractivity contribution >= 4 is 58.5 Å². The van der Waals surface area contributed by atoms with Gasteiger partial charge in [-0.05, 0) is 106 Å². The zero-order valence-corrected chi connectivity index (χ0v) is 38.2. The number of nitrogens with one attached hydrogen (secondary N) is 3. The van der Waals surface area contributed by atoms with E-state index < -0.39 is 82.4 Å². The van der Waals surface area contributed by atoms with Crippen LogP contribution >= 0.6 is 0 Å². The second-order valence-corrected chi connectivity index (χ2v) is 19.5. The Morgan fingerprint density at radius 3 is 1.39 bits per heavy atom. The van der Waals surface area contributed by atoms with Crippen LogP contribution in [-0.4, -0.2) is 41.3 Å². The monoisotopic (exact) mass is 1080 g/mol. The molecule has 30 heteroatoms. The number of hydrogen-bond acceptors (Lipinski definition) is 10. The fourth-order valence-electron chi connectivity index (χ4n) is 6.03.